The molecule has 2 aromatic rings. The predicted molar refractivity (Wildman–Crippen MR) is 96.5 cm³/mol. The molecule has 14 heteroatoms. The molecule has 0 aromatic heterocycles. The number of rotatable bonds is 5. The Balaban J connectivity index is 2.76. The van der Waals surface area contributed by atoms with Crippen molar-refractivity contribution in [2.75, 3.05) is 14.1 Å². The van der Waals surface area contributed by atoms with E-state index in [4.69, 9.17) is 0 Å². The molecule has 0 aliphatic heterocycles. The van der Waals surface area contributed by atoms with Crippen molar-refractivity contribution in [1.82, 2.24) is 10.6 Å². The lowest BCUT2D eigenvalue weighted by molar-refractivity contribution is -0.144. The molecule has 0 radical (unpaired) electrons. The molecular weight excluding hydrogens is 496 g/mol. The Morgan fingerprint density at radius 3 is 0.794 bits per heavy atom. The molecule has 2 N–H and O–H groups in total. The lowest BCUT2D eigenvalue weighted by Crippen LogP contribution is -2.33. The summed E-state index contributed by atoms with van der Waals surface area (Å²) in [6.07, 6.45) is -20.8. The van der Waals surface area contributed by atoms with Crippen molar-refractivity contribution in [3.8, 4) is 0 Å². The molecule has 0 amide bonds. The first-order chi connectivity index (χ1) is 15.3. The average molecular weight is 512 g/mol. The van der Waals surface area contributed by atoms with E-state index in [9.17, 15) is 52.7 Å². The van der Waals surface area contributed by atoms with Crippen LogP contribution >= 0.6 is 0 Å². The van der Waals surface area contributed by atoms with Crippen LogP contribution in [-0.4, -0.2) is 14.1 Å². The van der Waals surface area contributed by atoms with Crippen molar-refractivity contribution < 1.29 is 52.7 Å². The largest absolute Gasteiger partial charge is 0.416 e. The van der Waals surface area contributed by atoms with Crippen LogP contribution in [0.2, 0.25) is 0 Å². The summed E-state index contributed by atoms with van der Waals surface area (Å²) in [7, 11) is 2.17. The minimum atomic E-state index is -5.21. The highest BCUT2D eigenvalue weighted by Crippen LogP contribution is 2.42. The molecular formula is C20H16F12N2. The standard InChI is InChI=1S/C20H16F12N2/c1-33-15(9-3-11(17(21,22)23)7-12(4-9)18(24,25)26)16(34-2)10-5-13(19(27,28)29)8-14(6-10)20(30,31)32/h3-8,15-16,33-34H,1-2H3/t15-,16-/m0/s1. The van der Waals surface area contributed by atoms with Crippen molar-refractivity contribution in [3.63, 3.8) is 0 Å². The summed E-state index contributed by atoms with van der Waals surface area (Å²) in [5.74, 6) is 0. The molecule has 0 unspecified atom stereocenters. The molecule has 34 heavy (non-hydrogen) atoms. The summed E-state index contributed by atoms with van der Waals surface area (Å²) in [4.78, 5) is 0. The van der Waals surface area contributed by atoms with Gasteiger partial charge in [-0.15, -0.1) is 0 Å². The van der Waals surface area contributed by atoms with Crippen molar-refractivity contribution in [3.05, 3.63) is 69.8 Å². The fourth-order valence-electron chi connectivity index (χ4n) is 3.37. The fourth-order valence-corrected chi connectivity index (χ4v) is 3.37. The van der Waals surface area contributed by atoms with Gasteiger partial charge in [-0.1, -0.05) is 0 Å². The third-order valence-corrected chi connectivity index (χ3v) is 4.89. The van der Waals surface area contributed by atoms with Crippen LogP contribution in [0.1, 0.15) is 45.5 Å². The summed E-state index contributed by atoms with van der Waals surface area (Å²) in [6, 6.07) is -2.07. The highest BCUT2D eigenvalue weighted by atomic mass is 19.4. The van der Waals surface area contributed by atoms with Crippen molar-refractivity contribution >= 4 is 0 Å². The second-order valence-corrected chi connectivity index (χ2v) is 7.21. The Hall–Kier alpha value is -2.48. The van der Waals surface area contributed by atoms with Gasteiger partial charge in [0.15, 0.2) is 0 Å². The summed E-state index contributed by atoms with van der Waals surface area (Å²) in [5.41, 5.74) is -8.07. The fraction of sp³-hybridized carbons (Fsp3) is 0.400. The smallest absolute Gasteiger partial charge is 0.311 e. The van der Waals surface area contributed by atoms with Gasteiger partial charge in [-0.2, -0.15) is 52.7 Å². The Bertz CT molecular complexity index is 857. The van der Waals surface area contributed by atoms with E-state index in [1.165, 1.54) is 0 Å². The second kappa shape index (κ2) is 9.29. The molecule has 190 valence electrons. The Kier molecular flexibility index (Phi) is 7.58. The van der Waals surface area contributed by atoms with E-state index in [1.54, 1.807) is 0 Å². The zero-order valence-electron chi connectivity index (χ0n) is 17.2. The number of benzene rings is 2. The van der Waals surface area contributed by atoms with E-state index in [0.717, 1.165) is 14.1 Å². The van der Waals surface area contributed by atoms with Gasteiger partial charge in [-0.25, -0.2) is 0 Å². The summed E-state index contributed by atoms with van der Waals surface area (Å²) >= 11 is 0. The highest BCUT2D eigenvalue weighted by molar-refractivity contribution is 5.40. The Morgan fingerprint density at radius 1 is 0.441 bits per heavy atom. The number of hydrogen-bond donors (Lipinski definition) is 2. The predicted octanol–water partition coefficient (Wildman–Crippen LogP) is 6.98. The first-order valence-corrected chi connectivity index (χ1v) is 9.22. The SMILES string of the molecule is CN[C@@H](c1cc(C(F)(F)F)cc(C(F)(F)F)c1)[C@@H](NC)c1cc(C(F)(F)F)cc(C(F)(F)F)c1. The van der Waals surface area contributed by atoms with Crippen LogP contribution in [0, 0.1) is 0 Å². The van der Waals surface area contributed by atoms with Crippen LogP contribution in [0.5, 0.6) is 0 Å². The van der Waals surface area contributed by atoms with Crippen LogP contribution in [0.25, 0.3) is 0 Å². The van der Waals surface area contributed by atoms with E-state index in [1.807, 2.05) is 0 Å². The van der Waals surface area contributed by atoms with Crippen LogP contribution in [0.3, 0.4) is 0 Å². The maximum atomic E-state index is 13.2. The zero-order valence-corrected chi connectivity index (χ0v) is 17.2. The number of likely N-dealkylation sites (N-methyl/N-ethyl adjacent to an activating group) is 2. The van der Waals surface area contributed by atoms with E-state index < -0.39 is 70.2 Å². The van der Waals surface area contributed by atoms with Gasteiger partial charge < -0.3 is 10.6 Å². The van der Waals surface area contributed by atoms with E-state index in [2.05, 4.69) is 10.6 Å². The molecule has 0 aliphatic carbocycles. The lowest BCUT2D eigenvalue weighted by atomic mass is 9.89. The molecule has 0 spiro atoms. The minimum Gasteiger partial charge on any atom is -0.311 e. The van der Waals surface area contributed by atoms with E-state index >= 15 is 0 Å². The number of nitrogens with one attached hydrogen (secondary N) is 2. The van der Waals surface area contributed by atoms with Crippen molar-refractivity contribution in [2.24, 2.45) is 0 Å². The lowest BCUT2D eigenvalue weighted by Gasteiger charge is -2.30. The molecule has 0 heterocycles. The maximum absolute atomic E-state index is 13.2. The minimum absolute atomic E-state index is 0.142. The Labute approximate surface area is 184 Å². The number of alkyl halides is 12. The molecule has 2 nitrogen and oxygen atoms in total. The second-order valence-electron chi connectivity index (χ2n) is 7.21. The summed E-state index contributed by atoms with van der Waals surface area (Å²) in [5, 5.41) is 4.76. The third kappa shape index (κ3) is 6.34. The van der Waals surface area contributed by atoms with Crippen LogP contribution in [0.4, 0.5) is 52.7 Å². The zero-order chi connectivity index (χ0) is 26.3. The van der Waals surface area contributed by atoms with Crippen LogP contribution in [0.15, 0.2) is 36.4 Å². The highest BCUT2D eigenvalue weighted by Gasteiger charge is 2.40. The van der Waals surface area contributed by atoms with Gasteiger partial charge in [0.05, 0.1) is 34.3 Å². The molecule has 2 rings (SSSR count). The van der Waals surface area contributed by atoms with Gasteiger partial charge in [0, 0.05) is 0 Å². The first kappa shape index (κ1) is 27.8. The average Bonchev–Trinajstić information content (AvgIpc) is 2.68. The van der Waals surface area contributed by atoms with Gasteiger partial charge in [0.1, 0.15) is 0 Å². The first-order valence-electron chi connectivity index (χ1n) is 9.22. The number of halogens is 12. The van der Waals surface area contributed by atoms with Crippen LogP contribution < -0.4 is 10.6 Å². The van der Waals surface area contributed by atoms with Crippen LogP contribution in [-0.2, 0) is 24.7 Å². The van der Waals surface area contributed by atoms with Gasteiger partial charge in [-0.3, -0.25) is 0 Å². The maximum Gasteiger partial charge on any atom is 0.416 e. The van der Waals surface area contributed by atoms with Gasteiger partial charge in [-0.05, 0) is 61.6 Å². The summed E-state index contributed by atoms with van der Waals surface area (Å²) < 4.78 is 159. The van der Waals surface area contributed by atoms with Crippen molar-refractivity contribution in [1.29, 1.82) is 0 Å². The van der Waals surface area contributed by atoms with E-state index in [-0.39, 0.29) is 12.1 Å². The molecule has 0 saturated carbocycles. The molecule has 0 saturated heterocycles. The quantitative estimate of drug-likeness (QED) is 0.423. The van der Waals surface area contributed by atoms with Gasteiger partial charge >= 0.3 is 24.7 Å². The Morgan fingerprint density at radius 2 is 0.647 bits per heavy atom. The topological polar surface area (TPSA) is 24.1 Å². The van der Waals surface area contributed by atoms with Crippen molar-refractivity contribution in [2.45, 2.75) is 36.8 Å². The molecule has 2 atom stereocenters. The van der Waals surface area contributed by atoms with E-state index in [0.29, 0.717) is 24.3 Å². The monoisotopic (exact) mass is 512 g/mol. The molecule has 0 fully saturated rings. The third-order valence-electron chi connectivity index (χ3n) is 4.89. The molecule has 0 aliphatic rings. The molecule has 2 aromatic carbocycles. The van der Waals surface area contributed by atoms with Gasteiger partial charge in [0.2, 0.25) is 0 Å². The summed E-state index contributed by atoms with van der Waals surface area (Å²) in [6.45, 7) is 0. The normalized spacial score (nSPS) is 15.4. The number of hydrogen-bond acceptors (Lipinski definition) is 2. The van der Waals surface area contributed by atoms with Gasteiger partial charge in [0.25, 0.3) is 0 Å². The molecule has 0 bridgehead atoms.